The van der Waals surface area contributed by atoms with Crippen molar-refractivity contribution in [3.8, 4) is 0 Å². The van der Waals surface area contributed by atoms with E-state index in [9.17, 15) is 4.39 Å². The van der Waals surface area contributed by atoms with E-state index in [0.717, 1.165) is 5.56 Å². The Kier molecular flexibility index (Phi) is 9.47. The molecule has 0 aromatic heterocycles. The number of nitrogens with zero attached hydrogens (tertiary/aromatic N) is 1. The Morgan fingerprint density at radius 2 is 2.16 bits per heavy atom. The molecule has 1 aromatic rings. The van der Waals surface area contributed by atoms with Gasteiger partial charge in [0.2, 0.25) is 0 Å². The molecule has 1 aromatic carbocycles. The van der Waals surface area contributed by atoms with Gasteiger partial charge in [-0.3, -0.25) is 9.38 Å². The minimum Gasteiger partial charge on any atom is -0.370 e. The van der Waals surface area contributed by atoms with Crippen LogP contribution in [0, 0.1) is 0 Å². The zero-order valence-electron chi connectivity index (χ0n) is 10.5. The van der Waals surface area contributed by atoms with Gasteiger partial charge in [-0.2, -0.15) is 0 Å². The van der Waals surface area contributed by atoms with Crippen molar-refractivity contribution in [2.24, 2.45) is 10.7 Å². The van der Waals surface area contributed by atoms with Gasteiger partial charge in [0.15, 0.2) is 5.96 Å². The predicted molar refractivity (Wildman–Crippen MR) is 90.5 cm³/mol. The van der Waals surface area contributed by atoms with Crippen molar-refractivity contribution in [1.82, 2.24) is 5.32 Å². The number of nitrogens with one attached hydrogen (secondary N) is 1. The molecule has 0 heterocycles. The quantitative estimate of drug-likeness (QED) is 0.328. The monoisotopic (exact) mass is 419 g/mol. The van der Waals surface area contributed by atoms with E-state index in [4.69, 9.17) is 28.9 Å². The molecule has 3 N–H and O–H groups in total. The first kappa shape index (κ1) is 18.7. The van der Waals surface area contributed by atoms with Crippen molar-refractivity contribution >= 4 is 53.1 Å². The van der Waals surface area contributed by atoms with Crippen molar-refractivity contribution in [1.29, 1.82) is 0 Å². The third-order valence-corrected chi connectivity index (χ3v) is 2.93. The molecule has 19 heavy (non-hydrogen) atoms. The lowest BCUT2D eigenvalue weighted by atomic mass is 10.1. The fourth-order valence-corrected chi connectivity index (χ4v) is 2.03. The number of benzene rings is 1. The molecule has 0 bridgehead atoms. The highest BCUT2D eigenvalue weighted by Gasteiger charge is 2.10. The number of hydrogen-bond acceptors (Lipinski definition) is 1. The van der Waals surface area contributed by atoms with E-state index in [1.54, 1.807) is 12.1 Å². The maximum atomic E-state index is 11.9. The number of aliphatic imine (C=N–C) groups is 1. The van der Waals surface area contributed by atoms with Gasteiger partial charge < -0.3 is 11.1 Å². The van der Waals surface area contributed by atoms with Crippen LogP contribution in [0.5, 0.6) is 0 Å². The Morgan fingerprint density at radius 3 is 2.74 bits per heavy atom. The Morgan fingerprint density at radius 1 is 1.47 bits per heavy atom. The van der Waals surface area contributed by atoms with Crippen LogP contribution >= 0.6 is 47.2 Å². The predicted octanol–water partition coefficient (Wildman–Crippen LogP) is 3.94. The van der Waals surface area contributed by atoms with Gasteiger partial charge in [-0.1, -0.05) is 29.3 Å². The van der Waals surface area contributed by atoms with E-state index in [2.05, 4.69) is 10.3 Å². The molecular formula is C12H17Cl2FIN3. The molecule has 1 unspecified atom stereocenters. The summed E-state index contributed by atoms with van der Waals surface area (Å²) in [4.78, 5) is 4.00. The Bertz CT molecular complexity index is 429. The molecule has 0 spiro atoms. The molecule has 0 aliphatic carbocycles. The van der Waals surface area contributed by atoms with E-state index < -0.39 is 6.67 Å². The van der Waals surface area contributed by atoms with Gasteiger partial charge >= 0.3 is 0 Å². The molecule has 1 atom stereocenters. The Balaban J connectivity index is 0.00000324. The van der Waals surface area contributed by atoms with Crippen molar-refractivity contribution < 1.29 is 4.39 Å². The molecule has 0 saturated heterocycles. The first-order valence-electron chi connectivity index (χ1n) is 5.62. The SMILES string of the molecule is CC(NC(N)=NCCCF)c1ccc(Cl)cc1Cl.I. The number of guanidine groups is 1. The summed E-state index contributed by atoms with van der Waals surface area (Å²) in [6, 6.07) is 5.17. The van der Waals surface area contributed by atoms with Crippen molar-refractivity contribution in [3.63, 3.8) is 0 Å². The molecule has 3 nitrogen and oxygen atoms in total. The van der Waals surface area contributed by atoms with E-state index in [1.165, 1.54) is 0 Å². The van der Waals surface area contributed by atoms with Crippen LogP contribution in [0.4, 0.5) is 4.39 Å². The summed E-state index contributed by atoms with van der Waals surface area (Å²) in [5, 5.41) is 4.15. The van der Waals surface area contributed by atoms with Gasteiger partial charge in [0.05, 0.1) is 12.7 Å². The lowest BCUT2D eigenvalue weighted by Gasteiger charge is -2.16. The van der Waals surface area contributed by atoms with Gasteiger partial charge in [0.1, 0.15) is 0 Å². The molecule has 0 amide bonds. The van der Waals surface area contributed by atoms with E-state index in [0.29, 0.717) is 23.0 Å². The number of halogens is 4. The summed E-state index contributed by atoms with van der Waals surface area (Å²) in [6.45, 7) is 1.89. The molecule has 0 fully saturated rings. The minimum absolute atomic E-state index is 0. The van der Waals surface area contributed by atoms with Crippen LogP contribution in [0.15, 0.2) is 23.2 Å². The zero-order valence-corrected chi connectivity index (χ0v) is 14.3. The molecule has 7 heteroatoms. The molecular weight excluding hydrogens is 403 g/mol. The van der Waals surface area contributed by atoms with Crippen molar-refractivity contribution in [2.75, 3.05) is 13.2 Å². The second-order valence-electron chi connectivity index (χ2n) is 3.84. The minimum atomic E-state index is -0.394. The van der Waals surface area contributed by atoms with Crippen LogP contribution in [0.2, 0.25) is 10.0 Å². The van der Waals surface area contributed by atoms with Crippen LogP contribution < -0.4 is 11.1 Å². The highest BCUT2D eigenvalue weighted by atomic mass is 127. The first-order valence-corrected chi connectivity index (χ1v) is 6.37. The fraction of sp³-hybridized carbons (Fsp3) is 0.417. The topological polar surface area (TPSA) is 50.4 Å². The van der Waals surface area contributed by atoms with Gasteiger partial charge in [0, 0.05) is 16.6 Å². The van der Waals surface area contributed by atoms with Crippen LogP contribution in [-0.4, -0.2) is 19.2 Å². The summed E-state index contributed by atoms with van der Waals surface area (Å²) in [7, 11) is 0. The number of rotatable bonds is 5. The van der Waals surface area contributed by atoms with Crippen LogP contribution in [0.25, 0.3) is 0 Å². The maximum Gasteiger partial charge on any atom is 0.189 e. The number of alkyl halides is 1. The summed E-state index contributed by atoms with van der Waals surface area (Å²) in [6.07, 6.45) is 0.373. The first-order chi connectivity index (χ1) is 8.54. The lowest BCUT2D eigenvalue weighted by molar-refractivity contribution is 0.477. The average molecular weight is 420 g/mol. The summed E-state index contributed by atoms with van der Waals surface area (Å²) >= 11 is 11.9. The highest BCUT2D eigenvalue weighted by Crippen LogP contribution is 2.25. The second-order valence-corrected chi connectivity index (χ2v) is 4.68. The second kappa shape index (κ2) is 9.61. The van der Waals surface area contributed by atoms with Crippen LogP contribution in [0.3, 0.4) is 0 Å². The van der Waals surface area contributed by atoms with Crippen molar-refractivity contribution in [3.05, 3.63) is 33.8 Å². The summed E-state index contributed by atoms with van der Waals surface area (Å²) in [5.74, 6) is 0.280. The standard InChI is InChI=1S/C12H16Cl2FN3.HI/c1-8(18-12(16)17-6-2-5-15)10-4-3-9(13)7-11(10)14;/h3-4,7-8H,2,5-6H2,1H3,(H3,16,17,18);1H. The third-order valence-electron chi connectivity index (χ3n) is 2.37. The third kappa shape index (κ3) is 6.63. The Labute approximate surface area is 139 Å². The van der Waals surface area contributed by atoms with Gasteiger partial charge in [-0.25, -0.2) is 0 Å². The summed E-state index contributed by atoms with van der Waals surface area (Å²) in [5.41, 5.74) is 6.56. The maximum absolute atomic E-state index is 11.9. The molecule has 0 aliphatic heterocycles. The van der Waals surface area contributed by atoms with Crippen molar-refractivity contribution in [2.45, 2.75) is 19.4 Å². The van der Waals surface area contributed by atoms with Gasteiger partial charge in [0.25, 0.3) is 0 Å². The number of nitrogens with two attached hydrogens (primary N) is 1. The lowest BCUT2D eigenvalue weighted by Crippen LogP contribution is -2.34. The molecule has 0 radical (unpaired) electrons. The van der Waals surface area contributed by atoms with Crippen LogP contribution in [-0.2, 0) is 0 Å². The molecule has 0 saturated carbocycles. The molecule has 0 aliphatic rings. The fourth-order valence-electron chi connectivity index (χ4n) is 1.46. The van der Waals surface area contributed by atoms with E-state index in [-0.39, 0.29) is 36.0 Å². The van der Waals surface area contributed by atoms with E-state index in [1.807, 2.05) is 13.0 Å². The zero-order chi connectivity index (χ0) is 13.5. The van der Waals surface area contributed by atoms with Gasteiger partial charge in [-0.05, 0) is 31.0 Å². The van der Waals surface area contributed by atoms with Crippen LogP contribution in [0.1, 0.15) is 24.9 Å². The largest absolute Gasteiger partial charge is 0.370 e. The average Bonchev–Trinajstić information content (AvgIpc) is 2.28. The van der Waals surface area contributed by atoms with E-state index >= 15 is 0 Å². The highest BCUT2D eigenvalue weighted by molar-refractivity contribution is 14.0. The number of hydrogen-bond donors (Lipinski definition) is 2. The normalized spacial score (nSPS) is 12.7. The molecule has 1 rings (SSSR count). The summed E-state index contributed by atoms with van der Waals surface area (Å²) < 4.78 is 11.9. The smallest absolute Gasteiger partial charge is 0.189 e. The molecule has 108 valence electrons. The van der Waals surface area contributed by atoms with Gasteiger partial charge in [-0.15, -0.1) is 24.0 Å². The Hall–Kier alpha value is -0.270.